The highest BCUT2D eigenvalue weighted by Crippen LogP contribution is 2.37. The number of nitrogens with two attached hydrogens (primary N) is 1. The highest BCUT2D eigenvalue weighted by Gasteiger charge is 2.14. The Labute approximate surface area is 155 Å². The van der Waals surface area contributed by atoms with Crippen molar-refractivity contribution in [1.29, 1.82) is 0 Å². The third-order valence-corrected chi connectivity index (χ3v) is 4.37. The third-order valence-electron chi connectivity index (χ3n) is 3.41. The van der Waals surface area contributed by atoms with Crippen molar-refractivity contribution in [2.45, 2.75) is 20.1 Å². The predicted octanol–water partition coefficient (Wildman–Crippen LogP) is 3.14. The Balaban J connectivity index is 2.16. The van der Waals surface area contributed by atoms with E-state index in [2.05, 4.69) is 15.9 Å². The van der Waals surface area contributed by atoms with Crippen LogP contribution in [0.25, 0.3) is 0 Å². The normalized spacial score (nSPS) is 10.7. The first-order valence-corrected chi connectivity index (χ1v) is 9.06. The van der Waals surface area contributed by atoms with Gasteiger partial charge in [0, 0.05) is 16.1 Å². The summed E-state index contributed by atoms with van der Waals surface area (Å²) in [6.45, 7) is 4.47. The van der Waals surface area contributed by atoms with E-state index in [9.17, 15) is 0 Å². The first-order valence-electron chi connectivity index (χ1n) is 7.89. The summed E-state index contributed by atoms with van der Waals surface area (Å²) in [5, 5.41) is 11.6. The number of hydrogen-bond donors (Lipinski definition) is 2. The molecule has 0 spiro atoms. The lowest BCUT2D eigenvalue weighted by atomic mass is 10.2. The van der Waals surface area contributed by atoms with E-state index in [1.54, 1.807) is 0 Å². The Morgan fingerprint density at radius 3 is 2.71 bits per heavy atom. The summed E-state index contributed by atoms with van der Waals surface area (Å²) in [4.78, 5) is 0. The molecule has 2 rings (SSSR count). The van der Waals surface area contributed by atoms with Gasteiger partial charge < -0.3 is 19.9 Å². The highest BCUT2D eigenvalue weighted by atomic mass is 79.9. The van der Waals surface area contributed by atoms with Crippen molar-refractivity contribution >= 4 is 27.5 Å². The van der Waals surface area contributed by atoms with Crippen molar-refractivity contribution in [3.63, 3.8) is 0 Å². The fourth-order valence-electron chi connectivity index (χ4n) is 2.27. The van der Waals surface area contributed by atoms with Gasteiger partial charge in [0.1, 0.15) is 13.2 Å². The maximum Gasteiger partial charge on any atom is 0.175 e. The lowest BCUT2D eigenvalue weighted by Gasteiger charge is -2.15. The second kappa shape index (κ2) is 9.89. The van der Waals surface area contributed by atoms with Crippen LogP contribution in [0.5, 0.6) is 11.5 Å². The van der Waals surface area contributed by atoms with Crippen LogP contribution in [0.4, 0.5) is 0 Å². The first kappa shape index (κ1) is 19.1. The maximum atomic E-state index is 8.89. The standard InChI is InChI=1S/C18H21BrClNO3/c1-2-23-17-10-13(11-21-7-8-22)9-15(19)18(17)24-12-14-5-3-4-6-16(14)20/h3-6,9-10,21-22H,2,7-8,11-12H2,1H3/p+1. The summed E-state index contributed by atoms with van der Waals surface area (Å²) < 4.78 is 12.5. The Morgan fingerprint density at radius 2 is 2.00 bits per heavy atom. The monoisotopic (exact) mass is 414 g/mol. The zero-order valence-electron chi connectivity index (χ0n) is 13.6. The number of hydrogen-bond acceptors (Lipinski definition) is 3. The molecular weight excluding hydrogens is 394 g/mol. The van der Waals surface area contributed by atoms with Gasteiger partial charge in [-0.3, -0.25) is 0 Å². The Morgan fingerprint density at radius 1 is 1.21 bits per heavy atom. The van der Waals surface area contributed by atoms with Gasteiger partial charge >= 0.3 is 0 Å². The van der Waals surface area contributed by atoms with E-state index in [0.717, 1.165) is 22.1 Å². The molecule has 6 heteroatoms. The van der Waals surface area contributed by atoms with Crippen molar-refractivity contribution in [3.8, 4) is 11.5 Å². The SMILES string of the molecule is CCOc1cc(C[NH2+]CCO)cc(Br)c1OCc1ccccc1Cl. The minimum absolute atomic E-state index is 0.165. The van der Waals surface area contributed by atoms with Crippen LogP contribution in [0.15, 0.2) is 40.9 Å². The zero-order valence-corrected chi connectivity index (χ0v) is 15.9. The van der Waals surface area contributed by atoms with E-state index in [1.165, 1.54) is 0 Å². The average Bonchev–Trinajstić information content (AvgIpc) is 2.56. The molecule has 0 aromatic heterocycles. The molecule has 0 amide bonds. The van der Waals surface area contributed by atoms with Crippen LogP contribution in [0.1, 0.15) is 18.1 Å². The summed E-state index contributed by atoms with van der Waals surface area (Å²) >= 11 is 9.75. The molecular formula is C18H22BrClNO3+. The molecule has 0 heterocycles. The first-order chi connectivity index (χ1) is 11.7. The summed E-state index contributed by atoms with van der Waals surface area (Å²) in [5.74, 6) is 1.37. The van der Waals surface area contributed by atoms with Crippen LogP contribution in [-0.4, -0.2) is 24.9 Å². The molecule has 0 saturated carbocycles. The van der Waals surface area contributed by atoms with Crippen molar-refractivity contribution in [2.24, 2.45) is 0 Å². The van der Waals surface area contributed by atoms with Crippen LogP contribution >= 0.6 is 27.5 Å². The fourth-order valence-corrected chi connectivity index (χ4v) is 3.06. The molecule has 4 nitrogen and oxygen atoms in total. The van der Waals surface area contributed by atoms with Crippen molar-refractivity contribution < 1.29 is 19.9 Å². The van der Waals surface area contributed by atoms with Gasteiger partial charge in [-0.15, -0.1) is 0 Å². The van der Waals surface area contributed by atoms with Crippen molar-refractivity contribution in [3.05, 3.63) is 57.0 Å². The molecule has 3 N–H and O–H groups in total. The third kappa shape index (κ3) is 5.38. The molecule has 0 aliphatic rings. The van der Waals surface area contributed by atoms with Gasteiger partial charge in [0.05, 0.1) is 24.2 Å². The number of aliphatic hydroxyl groups is 1. The van der Waals surface area contributed by atoms with Crippen LogP contribution in [-0.2, 0) is 13.2 Å². The highest BCUT2D eigenvalue weighted by molar-refractivity contribution is 9.10. The predicted molar refractivity (Wildman–Crippen MR) is 98.7 cm³/mol. The minimum atomic E-state index is 0.165. The van der Waals surface area contributed by atoms with Crippen molar-refractivity contribution in [2.75, 3.05) is 19.8 Å². The molecule has 0 unspecified atom stereocenters. The number of benzene rings is 2. The van der Waals surface area contributed by atoms with E-state index in [1.807, 2.05) is 48.6 Å². The molecule has 0 aliphatic carbocycles. The van der Waals surface area contributed by atoms with Gasteiger partial charge in [-0.2, -0.15) is 0 Å². The summed E-state index contributed by atoms with van der Waals surface area (Å²) in [7, 11) is 0. The molecule has 130 valence electrons. The molecule has 2 aromatic rings. The number of quaternary nitrogens is 1. The lowest BCUT2D eigenvalue weighted by Crippen LogP contribution is -2.83. The van der Waals surface area contributed by atoms with Gasteiger partial charge in [-0.25, -0.2) is 0 Å². The van der Waals surface area contributed by atoms with E-state index in [-0.39, 0.29) is 6.61 Å². The van der Waals surface area contributed by atoms with Gasteiger partial charge in [-0.05, 0) is 41.1 Å². The quantitative estimate of drug-likeness (QED) is 0.619. The number of aliphatic hydroxyl groups excluding tert-OH is 1. The van der Waals surface area contributed by atoms with Crippen LogP contribution in [0.2, 0.25) is 5.02 Å². The second-order valence-electron chi connectivity index (χ2n) is 5.22. The average molecular weight is 416 g/mol. The van der Waals surface area contributed by atoms with E-state index >= 15 is 0 Å². The van der Waals surface area contributed by atoms with Crippen LogP contribution in [0.3, 0.4) is 0 Å². The maximum absolute atomic E-state index is 8.89. The van der Waals surface area contributed by atoms with Crippen LogP contribution in [0, 0.1) is 0 Å². The fraction of sp³-hybridized carbons (Fsp3) is 0.333. The van der Waals surface area contributed by atoms with Gasteiger partial charge in [0.2, 0.25) is 0 Å². The van der Waals surface area contributed by atoms with E-state index in [4.69, 9.17) is 26.2 Å². The Hall–Kier alpha value is -1.27. The molecule has 24 heavy (non-hydrogen) atoms. The van der Waals surface area contributed by atoms with Gasteiger partial charge in [-0.1, -0.05) is 29.8 Å². The summed E-state index contributed by atoms with van der Waals surface area (Å²) in [6.07, 6.45) is 0. The molecule has 2 aromatic carbocycles. The molecule has 0 fully saturated rings. The van der Waals surface area contributed by atoms with Gasteiger partial charge in [0.15, 0.2) is 11.5 Å². The van der Waals surface area contributed by atoms with E-state index < -0.39 is 0 Å². The minimum Gasteiger partial charge on any atom is -0.490 e. The zero-order chi connectivity index (χ0) is 17.4. The molecule has 0 aliphatic heterocycles. The number of halogens is 2. The van der Waals surface area contributed by atoms with E-state index in [0.29, 0.717) is 36.3 Å². The van der Waals surface area contributed by atoms with Gasteiger partial charge in [0.25, 0.3) is 0 Å². The summed E-state index contributed by atoms with van der Waals surface area (Å²) in [5.41, 5.74) is 2.03. The smallest absolute Gasteiger partial charge is 0.175 e. The Kier molecular flexibility index (Phi) is 7.85. The molecule has 0 saturated heterocycles. The van der Waals surface area contributed by atoms with Crippen molar-refractivity contribution in [1.82, 2.24) is 0 Å². The molecule has 0 bridgehead atoms. The Bertz CT molecular complexity index is 667. The largest absolute Gasteiger partial charge is 0.490 e. The molecule has 0 atom stereocenters. The summed E-state index contributed by atoms with van der Waals surface area (Å²) in [6, 6.07) is 11.6. The number of ether oxygens (including phenoxy) is 2. The molecule has 0 radical (unpaired) electrons. The lowest BCUT2D eigenvalue weighted by molar-refractivity contribution is -0.671. The second-order valence-corrected chi connectivity index (χ2v) is 6.48. The number of rotatable bonds is 9. The van der Waals surface area contributed by atoms with Crippen LogP contribution < -0.4 is 14.8 Å². The topological polar surface area (TPSA) is 55.3 Å².